The van der Waals surface area contributed by atoms with Crippen LogP contribution in [0.3, 0.4) is 0 Å². The van der Waals surface area contributed by atoms with E-state index < -0.39 is 0 Å². The smallest absolute Gasteiger partial charge is 0.106 e. The van der Waals surface area contributed by atoms with Gasteiger partial charge in [-0.1, -0.05) is 18.2 Å². The van der Waals surface area contributed by atoms with Crippen LogP contribution in [0, 0.1) is 22.7 Å². The highest BCUT2D eigenvalue weighted by atomic mass is 15.1. The van der Waals surface area contributed by atoms with E-state index in [0.717, 1.165) is 11.3 Å². The molecule has 1 aromatic rings. The summed E-state index contributed by atoms with van der Waals surface area (Å²) >= 11 is 0. The summed E-state index contributed by atoms with van der Waals surface area (Å²) < 4.78 is 0. The van der Waals surface area contributed by atoms with Crippen molar-refractivity contribution in [1.82, 2.24) is 0 Å². The van der Waals surface area contributed by atoms with Crippen LogP contribution in [0.5, 0.6) is 0 Å². The van der Waals surface area contributed by atoms with Crippen LogP contribution in [-0.2, 0) is 0 Å². The van der Waals surface area contributed by atoms with Gasteiger partial charge in [-0.2, -0.15) is 10.5 Å². The average Bonchev–Trinajstić information content (AvgIpc) is 2.29. The molecule has 1 aromatic carbocycles. The summed E-state index contributed by atoms with van der Waals surface area (Å²) in [5.74, 6) is 0. The van der Waals surface area contributed by atoms with Gasteiger partial charge in [0.15, 0.2) is 0 Å². The average molecular weight is 214 g/mol. The quantitative estimate of drug-likeness (QED) is 0.771. The van der Waals surface area contributed by atoms with Crippen LogP contribution in [0.15, 0.2) is 24.3 Å². The van der Waals surface area contributed by atoms with Crippen LogP contribution in [0.4, 0.5) is 5.69 Å². The van der Waals surface area contributed by atoms with Crippen molar-refractivity contribution in [1.29, 1.82) is 10.5 Å². The normalized spacial score (nSPS) is 11.2. The van der Waals surface area contributed by atoms with E-state index in [1.54, 1.807) is 4.90 Å². The monoisotopic (exact) mass is 214 g/mol. The van der Waals surface area contributed by atoms with Crippen molar-refractivity contribution in [3.8, 4) is 12.1 Å². The largest absolute Gasteiger partial charge is 0.345 e. The molecule has 2 N–H and O–H groups in total. The predicted molar refractivity (Wildman–Crippen MR) is 62.5 cm³/mol. The van der Waals surface area contributed by atoms with Crippen molar-refractivity contribution in [2.75, 3.05) is 18.0 Å². The predicted octanol–water partition coefficient (Wildman–Crippen LogP) is 1.56. The Morgan fingerprint density at radius 1 is 1.25 bits per heavy atom. The minimum atomic E-state index is -0.115. The van der Waals surface area contributed by atoms with E-state index in [9.17, 15) is 0 Å². The number of para-hydroxylation sites is 1. The fraction of sp³-hybridized carbons (Fsp3) is 0.333. The van der Waals surface area contributed by atoms with E-state index in [4.69, 9.17) is 16.3 Å². The zero-order valence-electron chi connectivity index (χ0n) is 9.22. The Morgan fingerprint density at radius 2 is 1.81 bits per heavy atom. The Morgan fingerprint density at radius 3 is 2.31 bits per heavy atom. The summed E-state index contributed by atoms with van der Waals surface area (Å²) in [6.45, 7) is 2.27. The third-order valence-electron chi connectivity index (χ3n) is 2.29. The van der Waals surface area contributed by atoms with Crippen LogP contribution < -0.4 is 10.6 Å². The lowest BCUT2D eigenvalue weighted by Crippen LogP contribution is -2.26. The SMILES string of the molecule is CC(N)c1ccccc1N(CC#N)CC#N. The van der Waals surface area contributed by atoms with Crippen LogP contribution >= 0.6 is 0 Å². The second kappa shape index (κ2) is 5.75. The van der Waals surface area contributed by atoms with Gasteiger partial charge in [-0.15, -0.1) is 0 Å². The van der Waals surface area contributed by atoms with Crippen molar-refractivity contribution < 1.29 is 0 Å². The van der Waals surface area contributed by atoms with Gasteiger partial charge >= 0.3 is 0 Å². The van der Waals surface area contributed by atoms with E-state index in [0.29, 0.717) is 0 Å². The number of nitriles is 2. The van der Waals surface area contributed by atoms with Gasteiger partial charge < -0.3 is 10.6 Å². The number of nitrogens with two attached hydrogens (primary N) is 1. The second-order valence-corrected chi connectivity index (χ2v) is 3.52. The Kier molecular flexibility index (Phi) is 4.32. The molecule has 0 spiro atoms. The molecule has 0 saturated heterocycles. The van der Waals surface area contributed by atoms with E-state index in [2.05, 4.69) is 12.1 Å². The third kappa shape index (κ3) is 2.73. The molecule has 0 aliphatic carbocycles. The first-order valence-electron chi connectivity index (χ1n) is 5.04. The number of benzene rings is 1. The van der Waals surface area contributed by atoms with Crippen molar-refractivity contribution in [3.63, 3.8) is 0 Å². The Balaban J connectivity index is 3.09. The maximum atomic E-state index is 8.72. The standard InChI is InChI=1S/C12H14N4/c1-10(15)11-4-2-3-5-12(11)16(8-6-13)9-7-14/h2-5,10H,8-9,15H2,1H3. The Hall–Kier alpha value is -2.04. The molecule has 0 aromatic heterocycles. The summed E-state index contributed by atoms with van der Waals surface area (Å²) in [6, 6.07) is 11.6. The molecule has 0 saturated carbocycles. The maximum Gasteiger partial charge on any atom is 0.106 e. The Labute approximate surface area is 95.5 Å². The van der Waals surface area contributed by atoms with Gasteiger partial charge in [0.1, 0.15) is 13.1 Å². The van der Waals surface area contributed by atoms with Crippen molar-refractivity contribution in [3.05, 3.63) is 29.8 Å². The van der Waals surface area contributed by atoms with Crippen LogP contribution in [0.25, 0.3) is 0 Å². The van der Waals surface area contributed by atoms with Gasteiger partial charge in [-0.25, -0.2) is 0 Å². The number of anilines is 1. The van der Waals surface area contributed by atoms with Crippen LogP contribution in [0.1, 0.15) is 18.5 Å². The lowest BCUT2D eigenvalue weighted by Gasteiger charge is -2.23. The summed E-state index contributed by atoms with van der Waals surface area (Å²) in [7, 11) is 0. The van der Waals surface area contributed by atoms with Gasteiger partial charge in [0.2, 0.25) is 0 Å². The summed E-state index contributed by atoms with van der Waals surface area (Å²) in [4.78, 5) is 1.72. The molecule has 1 rings (SSSR count). The molecule has 0 heterocycles. The van der Waals surface area contributed by atoms with Gasteiger partial charge in [0, 0.05) is 11.7 Å². The Bertz CT molecular complexity index is 409. The molecule has 0 fully saturated rings. The highest BCUT2D eigenvalue weighted by Gasteiger charge is 2.12. The minimum absolute atomic E-state index is 0.115. The molecule has 1 atom stereocenters. The molecule has 82 valence electrons. The third-order valence-corrected chi connectivity index (χ3v) is 2.29. The topological polar surface area (TPSA) is 76.8 Å². The molecule has 0 radical (unpaired) electrons. The first-order chi connectivity index (χ1) is 7.70. The first-order valence-corrected chi connectivity index (χ1v) is 5.04. The number of hydrogen-bond acceptors (Lipinski definition) is 4. The van der Waals surface area contributed by atoms with E-state index in [1.165, 1.54) is 0 Å². The fourth-order valence-corrected chi connectivity index (χ4v) is 1.56. The van der Waals surface area contributed by atoms with E-state index >= 15 is 0 Å². The maximum absolute atomic E-state index is 8.72. The molecule has 1 unspecified atom stereocenters. The zero-order chi connectivity index (χ0) is 12.0. The van der Waals surface area contributed by atoms with E-state index in [1.807, 2.05) is 31.2 Å². The van der Waals surface area contributed by atoms with Gasteiger partial charge in [-0.3, -0.25) is 0 Å². The minimum Gasteiger partial charge on any atom is -0.345 e. The van der Waals surface area contributed by atoms with Crippen LogP contribution in [-0.4, -0.2) is 13.1 Å². The highest BCUT2D eigenvalue weighted by molar-refractivity contribution is 5.56. The van der Waals surface area contributed by atoms with Gasteiger partial charge in [0.25, 0.3) is 0 Å². The lowest BCUT2D eigenvalue weighted by atomic mass is 10.1. The van der Waals surface area contributed by atoms with Crippen molar-refractivity contribution in [2.24, 2.45) is 5.73 Å². The zero-order valence-corrected chi connectivity index (χ0v) is 9.22. The fourth-order valence-electron chi connectivity index (χ4n) is 1.56. The molecule has 4 heteroatoms. The molecule has 0 aliphatic heterocycles. The number of hydrogen-bond donors (Lipinski definition) is 1. The molecule has 0 bridgehead atoms. The molecular formula is C12H14N4. The van der Waals surface area contributed by atoms with Crippen LogP contribution in [0.2, 0.25) is 0 Å². The molecule has 16 heavy (non-hydrogen) atoms. The first kappa shape index (κ1) is 12.0. The van der Waals surface area contributed by atoms with Crippen molar-refractivity contribution in [2.45, 2.75) is 13.0 Å². The molecule has 0 amide bonds. The number of nitrogens with zero attached hydrogens (tertiary/aromatic N) is 3. The summed E-state index contributed by atoms with van der Waals surface area (Å²) in [6.07, 6.45) is 0. The van der Waals surface area contributed by atoms with Gasteiger partial charge in [-0.05, 0) is 18.6 Å². The number of rotatable bonds is 4. The van der Waals surface area contributed by atoms with E-state index in [-0.39, 0.29) is 19.1 Å². The lowest BCUT2D eigenvalue weighted by molar-refractivity contribution is 0.805. The molecular weight excluding hydrogens is 200 g/mol. The highest BCUT2D eigenvalue weighted by Crippen LogP contribution is 2.24. The van der Waals surface area contributed by atoms with Gasteiger partial charge in [0.05, 0.1) is 12.1 Å². The summed E-state index contributed by atoms with van der Waals surface area (Å²) in [5, 5.41) is 17.4. The molecule has 4 nitrogen and oxygen atoms in total. The summed E-state index contributed by atoms with van der Waals surface area (Å²) in [5.41, 5.74) is 7.67. The van der Waals surface area contributed by atoms with Crippen molar-refractivity contribution >= 4 is 5.69 Å². The molecule has 0 aliphatic rings. The second-order valence-electron chi connectivity index (χ2n) is 3.52.